The van der Waals surface area contributed by atoms with Gasteiger partial charge in [-0.05, 0) is 420 Å². The molecule has 3 N–H and O–H groups in total. The minimum Gasteiger partial charge on any atom is -0.497 e. The minimum absolute atomic E-state index is 0.0634. The first-order chi connectivity index (χ1) is 71.7. The number of aldehydes is 2. The first-order valence-electron chi connectivity index (χ1n) is 50.1. The van der Waals surface area contributed by atoms with Gasteiger partial charge >= 0.3 is 0 Å². The molecular formula is C127H145ClN8O9S4. The van der Waals surface area contributed by atoms with Crippen LogP contribution in [0.3, 0.4) is 0 Å². The number of aryl methyl sites for hydroxylation is 4. The highest BCUT2D eigenvalue weighted by atomic mass is 35.5. The van der Waals surface area contributed by atoms with Gasteiger partial charge in [-0.25, -0.2) is 0 Å². The summed E-state index contributed by atoms with van der Waals surface area (Å²) in [6.07, 6.45) is 5.48. The van der Waals surface area contributed by atoms with Gasteiger partial charge in [-0.3, -0.25) is 19.6 Å². The Morgan fingerprint density at radius 1 is 0.302 bits per heavy atom. The number of benzene rings is 10. The number of thiophene rings is 4. The van der Waals surface area contributed by atoms with Gasteiger partial charge < -0.3 is 43.1 Å². The number of hydrogen-bond acceptors (Lipinski definition) is 17. The van der Waals surface area contributed by atoms with Gasteiger partial charge in [0, 0.05) is 88.2 Å². The van der Waals surface area contributed by atoms with Crippen molar-refractivity contribution in [3.63, 3.8) is 0 Å². The highest BCUT2D eigenvalue weighted by Crippen LogP contribution is 2.51. The number of methoxy groups -OCH3 is 6. The molecule has 17 nitrogen and oxygen atoms in total. The molecule has 0 amide bonds. The lowest BCUT2D eigenvalue weighted by atomic mass is 9.89. The quantitative estimate of drug-likeness (QED) is 0.0686. The van der Waals surface area contributed by atoms with E-state index in [-0.39, 0.29) is 24.1 Å². The maximum absolute atomic E-state index is 8.81. The second kappa shape index (κ2) is 54.9. The van der Waals surface area contributed by atoms with Crippen molar-refractivity contribution in [1.82, 2.24) is 40.0 Å². The number of carbonyl (C=O) groups excluding carboxylic acids is 2. The zero-order valence-corrected chi connectivity index (χ0v) is 95.9. The Labute approximate surface area is 903 Å². The zero-order valence-electron chi connectivity index (χ0n) is 91.9. The summed E-state index contributed by atoms with van der Waals surface area (Å²) in [4.78, 5) is 17.6. The van der Waals surface area contributed by atoms with Crippen molar-refractivity contribution in [1.29, 1.82) is 0 Å². The van der Waals surface area contributed by atoms with Gasteiger partial charge in [-0.2, -0.15) is 65.7 Å². The molecule has 4 aliphatic rings. The largest absolute Gasteiger partial charge is 0.497 e. The Bertz CT molecular complexity index is 6710. The third kappa shape index (κ3) is 26.7. The lowest BCUT2D eigenvalue weighted by Crippen LogP contribution is -2.16. The van der Waals surface area contributed by atoms with Crippen LogP contribution in [0.2, 0.25) is 0 Å². The average molecular weight is 2090 g/mol. The van der Waals surface area contributed by atoms with E-state index in [0.29, 0.717) is 0 Å². The lowest BCUT2D eigenvalue weighted by molar-refractivity contribution is -0.106. The molecule has 10 aromatic carbocycles. The molecule has 8 aromatic heterocycles. The molecule has 0 radical (unpaired) electrons. The van der Waals surface area contributed by atoms with Crippen molar-refractivity contribution in [2.45, 2.75) is 202 Å². The van der Waals surface area contributed by atoms with Gasteiger partial charge in [0.1, 0.15) is 59.2 Å². The first kappa shape index (κ1) is 116. The van der Waals surface area contributed by atoms with Crippen molar-refractivity contribution in [2.24, 2.45) is 0 Å². The number of aliphatic hydroxyl groups is 1. The van der Waals surface area contributed by atoms with E-state index in [1.54, 1.807) is 94.9 Å². The van der Waals surface area contributed by atoms with Gasteiger partial charge in [0.25, 0.3) is 0 Å². The van der Waals surface area contributed by atoms with Crippen LogP contribution in [0.25, 0.3) is 45.0 Å². The highest BCUT2D eigenvalue weighted by Gasteiger charge is 2.38. The smallest absolute Gasteiger partial charge is 0.118 e. The monoisotopic (exact) mass is 2090 g/mol. The number of hydrogen-bond donors (Lipinski definition) is 3. The Hall–Kier alpha value is -13.8. The molecule has 0 bridgehead atoms. The lowest BCUT2D eigenvalue weighted by Gasteiger charge is -2.23. The molecular weight excluding hydrogens is 1950 g/mol. The summed E-state index contributed by atoms with van der Waals surface area (Å²) in [5.74, 6) is 5.06. The summed E-state index contributed by atoms with van der Waals surface area (Å²) in [7, 11) is 10.1. The third-order valence-electron chi connectivity index (χ3n) is 28.9. The van der Waals surface area contributed by atoms with E-state index in [0.717, 1.165) is 95.3 Å². The molecule has 0 saturated carbocycles. The predicted octanol–water partition coefficient (Wildman–Crippen LogP) is 31.8. The Kier molecular flexibility index (Phi) is 42.6. The van der Waals surface area contributed by atoms with Crippen LogP contribution in [0, 0.1) is 138 Å². The fourth-order valence-electron chi connectivity index (χ4n) is 19.4. The Morgan fingerprint density at radius 2 is 0.490 bits per heavy atom. The van der Waals surface area contributed by atoms with Gasteiger partial charge in [0.05, 0.1) is 82.2 Å². The van der Waals surface area contributed by atoms with E-state index >= 15 is 0 Å². The molecule has 8 heterocycles. The van der Waals surface area contributed by atoms with Crippen LogP contribution in [-0.2, 0) is 35.3 Å². The first-order valence-corrected chi connectivity index (χ1v) is 54.3. The fraction of sp³-hybridized carbons (Fsp3) is 0.291. The summed E-state index contributed by atoms with van der Waals surface area (Å²) >= 11 is 13.3. The zero-order chi connectivity index (χ0) is 108. The molecule has 149 heavy (non-hydrogen) atoms. The van der Waals surface area contributed by atoms with E-state index in [4.69, 9.17) is 64.9 Å². The number of aromatic nitrogens is 8. The number of nitrogens with one attached hydrogen (secondary N) is 2. The van der Waals surface area contributed by atoms with Crippen molar-refractivity contribution in [3.8, 4) is 79.5 Å². The van der Waals surface area contributed by atoms with E-state index in [2.05, 4.69) is 217 Å². The van der Waals surface area contributed by atoms with Crippen LogP contribution in [-0.4, -0.2) is 107 Å². The standard InChI is InChI=1S/2C30H32N2O2.C15H15ClO2.2C15H18N2.4C4H4S.C2H6O.2C2H4O/c2*1-17-18(2)20(4)28-26(19(17)3)16-27-21(5)31-32(30(27)28)29(22-8-12-24(33-6)13-9-22)23-10-14-25(34-7)15-11-23;1-17-13-7-3-11(4-8-13)15(16)12-5-9-14(18-2)10-6-12;2*1-7-8(2)10(4)14-12(9(7)3)6-13-11(5)16-17-15(13)14;4*1-2-4-5-3-1;3*1-2-3/h2*8-15,29H,16H2,1-7H3;3-10,15H,1-2H3;2*6H2,1-5H3,(H,16,17);4*1-4H;3H,2H2,1H3;2*2H,1H3. The summed E-state index contributed by atoms with van der Waals surface area (Å²) < 4.78 is 36.5. The van der Waals surface area contributed by atoms with Crippen LogP contribution in [0.5, 0.6) is 34.5 Å². The maximum Gasteiger partial charge on any atom is 0.118 e. The number of carbonyl (C=O) groups is 2. The summed E-state index contributed by atoms with van der Waals surface area (Å²) in [6, 6.07) is 64.9. The highest BCUT2D eigenvalue weighted by molar-refractivity contribution is 7.08. The summed E-state index contributed by atoms with van der Waals surface area (Å²) in [5, 5.41) is 49.2. The van der Waals surface area contributed by atoms with E-state index < -0.39 is 0 Å². The van der Waals surface area contributed by atoms with Crippen LogP contribution < -0.4 is 28.4 Å². The van der Waals surface area contributed by atoms with Gasteiger partial charge in [0.2, 0.25) is 0 Å². The van der Waals surface area contributed by atoms with Crippen molar-refractivity contribution >= 4 is 69.5 Å². The number of rotatable bonds is 14. The minimum atomic E-state index is -0.165. The predicted molar refractivity (Wildman–Crippen MR) is 623 cm³/mol. The summed E-state index contributed by atoms with van der Waals surface area (Å²) in [6.45, 7) is 49.2. The van der Waals surface area contributed by atoms with E-state index in [1.807, 2.05) is 189 Å². The topological polar surface area (TPSA) is 203 Å². The van der Waals surface area contributed by atoms with Crippen LogP contribution in [0.4, 0.5) is 0 Å². The molecule has 22 rings (SSSR count). The van der Waals surface area contributed by atoms with Crippen LogP contribution in [0.1, 0.15) is 228 Å². The molecule has 0 unspecified atom stereocenters. The van der Waals surface area contributed by atoms with Gasteiger partial charge in [0.15, 0.2) is 0 Å². The molecule has 0 atom stereocenters. The number of nitrogens with zero attached hydrogens (tertiary/aromatic N) is 6. The number of H-pyrrole nitrogens is 2. The van der Waals surface area contributed by atoms with Gasteiger partial charge in [-0.1, -0.05) is 121 Å². The van der Waals surface area contributed by atoms with Crippen LogP contribution in [0.15, 0.2) is 237 Å². The Balaban J connectivity index is 0.000000169. The molecule has 18 aromatic rings. The Morgan fingerprint density at radius 3 is 0.691 bits per heavy atom. The summed E-state index contributed by atoms with van der Waals surface area (Å²) in [5.41, 5.74) is 55.6. The maximum atomic E-state index is 8.81. The van der Waals surface area contributed by atoms with Crippen LogP contribution >= 0.6 is 56.9 Å². The normalized spacial score (nSPS) is 11.1. The fourth-order valence-corrected chi connectivity index (χ4v) is 21.5. The second-order valence-electron chi connectivity index (χ2n) is 37.0. The van der Waals surface area contributed by atoms with E-state index in [1.165, 1.54) is 226 Å². The number of fused-ring (bicyclic) bond motifs is 12. The van der Waals surface area contributed by atoms with E-state index in [9.17, 15) is 0 Å². The second-order valence-corrected chi connectivity index (χ2v) is 40.7. The van der Waals surface area contributed by atoms with Crippen molar-refractivity contribution in [3.05, 3.63) is 427 Å². The van der Waals surface area contributed by atoms with Crippen molar-refractivity contribution in [2.75, 3.05) is 49.3 Å². The molecule has 4 aliphatic carbocycles. The number of aromatic amines is 2. The molecule has 778 valence electrons. The molecule has 0 saturated heterocycles. The number of aliphatic hydroxyl groups excluding tert-OH is 1. The molecule has 0 spiro atoms. The molecule has 22 heteroatoms. The third-order valence-corrected chi connectivity index (χ3v) is 31.9. The number of ether oxygens (including phenoxy) is 6. The molecule has 0 fully saturated rings. The number of halogens is 1. The SMILES string of the molecule is CC=O.CC=O.CCO.COc1ccc(C(Cl)c2ccc(OC)cc2)cc1.COc1ccc(C(c2ccc(OC)cc2)n2nc(C)c3c2-c2c(C)c(C)c(C)c(C)c2C3)cc1.COc1ccc(C(c2ccc(OC)cc2)n2nc(C)c3c2-c2c(C)c(C)c(C)c(C)c2C3)cc1.Cc1[nH]nc2c1Cc1c(C)c(C)c(C)c(C)c1-2.Cc1[nH]nc2c1Cc1c(C)c(C)c(C)c(C)c1-2.c1ccsc1.c1ccsc1.c1ccsc1.c1ccsc1. The average Bonchev–Trinajstić information content (AvgIpc) is 1.59. The van der Waals surface area contributed by atoms with Gasteiger partial charge in [-0.15, -0.1) is 11.6 Å². The van der Waals surface area contributed by atoms with Crippen molar-refractivity contribution < 1.29 is 43.1 Å². The number of alkyl halides is 1. The molecule has 0 aliphatic heterocycles.